The summed E-state index contributed by atoms with van der Waals surface area (Å²) in [5.74, 6) is 0. The summed E-state index contributed by atoms with van der Waals surface area (Å²) >= 11 is 0. The summed E-state index contributed by atoms with van der Waals surface area (Å²) in [5.41, 5.74) is 2.51. The molecule has 3 nitrogen and oxygen atoms in total. The minimum absolute atomic E-state index is 0.321. The van der Waals surface area contributed by atoms with Gasteiger partial charge in [-0.3, -0.25) is 10.2 Å². The summed E-state index contributed by atoms with van der Waals surface area (Å²) in [6, 6.07) is 0.642. The van der Waals surface area contributed by atoms with Crippen LogP contribution >= 0.6 is 0 Å². The lowest BCUT2D eigenvalue weighted by molar-refractivity contribution is 0.137. The third kappa shape index (κ3) is 2.82. The lowest BCUT2D eigenvalue weighted by Gasteiger charge is -2.28. The van der Waals surface area contributed by atoms with Crippen LogP contribution in [0.4, 0.5) is 0 Å². The van der Waals surface area contributed by atoms with E-state index in [0.29, 0.717) is 12.1 Å². The predicted octanol–water partition coefficient (Wildman–Crippen LogP) is 0.677. The van der Waals surface area contributed by atoms with E-state index in [0.717, 1.165) is 0 Å². The number of hydrazine groups is 1. The quantitative estimate of drug-likeness (QED) is 0.463. The van der Waals surface area contributed by atoms with Gasteiger partial charge in [-0.05, 0) is 27.7 Å². The van der Waals surface area contributed by atoms with E-state index in [1.54, 1.807) is 6.41 Å². The van der Waals surface area contributed by atoms with Gasteiger partial charge in [0.1, 0.15) is 0 Å². The molecule has 0 rings (SSSR count). The fourth-order valence-corrected chi connectivity index (χ4v) is 0.907. The molecule has 0 saturated heterocycles. The van der Waals surface area contributed by atoms with Gasteiger partial charge in [0.25, 0.3) is 0 Å². The highest BCUT2D eigenvalue weighted by molar-refractivity contribution is 5.46. The molecule has 0 aliphatic carbocycles. The number of amides is 1. The summed E-state index contributed by atoms with van der Waals surface area (Å²) in [6.45, 7) is 8.07. The smallest absolute Gasteiger partial charge is 0.280 e. The molecule has 0 unspecified atom stereocenters. The van der Waals surface area contributed by atoms with E-state index >= 15 is 0 Å². The summed E-state index contributed by atoms with van der Waals surface area (Å²) in [6.07, 6.45) is 1.66. The molecule has 1 radical (unpaired) electrons. The topological polar surface area (TPSA) is 32.3 Å². The van der Waals surface area contributed by atoms with E-state index in [1.807, 2.05) is 32.7 Å². The van der Waals surface area contributed by atoms with E-state index in [9.17, 15) is 4.79 Å². The molecule has 59 valence electrons. The fourth-order valence-electron chi connectivity index (χ4n) is 0.907. The highest BCUT2D eigenvalue weighted by Gasteiger charge is 2.11. The van der Waals surface area contributed by atoms with Crippen LogP contribution in [0.5, 0.6) is 0 Å². The fraction of sp³-hybridized carbons (Fsp3) is 0.857. The maximum Gasteiger partial charge on any atom is 0.324 e. The van der Waals surface area contributed by atoms with Gasteiger partial charge in [-0.1, -0.05) is 0 Å². The number of nitrogens with one attached hydrogen (secondary N) is 1. The molecule has 0 heterocycles. The molecule has 0 aliphatic rings. The van der Waals surface area contributed by atoms with Crippen LogP contribution < -0.4 is 5.43 Å². The molecule has 1 amide bonds. The zero-order chi connectivity index (χ0) is 8.15. The molecule has 0 aromatic carbocycles. The van der Waals surface area contributed by atoms with Crippen molar-refractivity contribution in [1.29, 1.82) is 0 Å². The Morgan fingerprint density at radius 3 is 1.70 bits per heavy atom. The van der Waals surface area contributed by atoms with Crippen molar-refractivity contribution in [2.45, 2.75) is 39.8 Å². The second-order valence-electron chi connectivity index (χ2n) is 2.81. The normalized spacial score (nSPS) is 11.1. The first-order valence-corrected chi connectivity index (χ1v) is 3.50. The zero-order valence-electron chi connectivity index (χ0n) is 7.01. The minimum Gasteiger partial charge on any atom is -0.280 e. The van der Waals surface area contributed by atoms with Crippen molar-refractivity contribution in [3.8, 4) is 0 Å². The first kappa shape index (κ1) is 9.43. The van der Waals surface area contributed by atoms with Crippen LogP contribution in [0, 0.1) is 0 Å². The molecular weight excluding hydrogens is 128 g/mol. The molecule has 10 heavy (non-hydrogen) atoms. The zero-order valence-corrected chi connectivity index (χ0v) is 7.01. The Balaban J connectivity index is 3.84. The van der Waals surface area contributed by atoms with Crippen LogP contribution in [0.1, 0.15) is 27.7 Å². The van der Waals surface area contributed by atoms with Crippen LogP contribution in [-0.4, -0.2) is 23.5 Å². The summed E-state index contributed by atoms with van der Waals surface area (Å²) in [4.78, 5) is 9.95. The minimum atomic E-state index is 0.321. The third-order valence-corrected chi connectivity index (χ3v) is 1.29. The second-order valence-corrected chi connectivity index (χ2v) is 2.81. The second kappa shape index (κ2) is 4.28. The Morgan fingerprint density at radius 2 is 1.60 bits per heavy atom. The molecule has 0 atom stereocenters. The molecule has 0 aromatic heterocycles. The molecule has 0 fully saturated rings. The highest BCUT2D eigenvalue weighted by Crippen LogP contribution is 1.98. The molecule has 0 aromatic rings. The van der Waals surface area contributed by atoms with Crippen LogP contribution in [0.3, 0.4) is 0 Å². The maximum atomic E-state index is 9.95. The predicted molar refractivity (Wildman–Crippen MR) is 40.9 cm³/mol. The lowest BCUT2D eigenvalue weighted by Crippen LogP contribution is -2.46. The standard InChI is InChI=1S/C7H15N2O/c1-6(2)9(7(3)4)8-5-10/h6-7H,1-4H3,(H,8,10). The van der Waals surface area contributed by atoms with Gasteiger partial charge < -0.3 is 0 Å². The van der Waals surface area contributed by atoms with E-state index in [1.165, 1.54) is 0 Å². The van der Waals surface area contributed by atoms with E-state index < -0.39 is 0 Å². The van der Waals surface area contributed by atoms with Gasteiger partial charge in [0.15, 0.2) is 0 Å². The molecule has 0 bridgehead atoms. The van der Waals surface area contributed by atoms with Gasteiger partial charge in [0.2, 0.25) is 0 Å². The Labute approximate surface area is 62.4 Å². The number of rotatable bonds is 4. The molecule has 0 spiro atoms. The first-order valence-electron chi connectivity index (χ1n) is 3.50. The van der Waals surface area contributed by atoms with Gasteiger partial charge in [-0.25, -0.2) is 5.01 Å². The molecule has 1 N–H and O–H groups in total. The van der Waals surface area contributed by atoms with Gasteiger partial charge >= 0.3 is 6.41 Å². The molecule has 3 heteroatoms. The van der Waals surface area contributed by atoms with Gasteiger partial charge in [0.05, 0.1) is 0 Å². The maximum absolute atomic E-state index is 9.95. The third-order valence-electron chi connectivity index (χ3n) is 1.29. The van der Waals surface area contributed by atoms with Crippen molar-refractivity contribution in [1.82, 2.24) is 10.4 Å². The number of hydrogen-bond donors (Lipinski definition) is 1. The Hall–Kier alpha value is -0.570. The van der Waals surface area contributed by atoms with Crippen molar-refractivity contribution in [2.24, 2.45) is 0 Å². The van der Waals surface area contributed by atoms with Gasteiger partial charge in [-0.2, -0.15) is 0 Å². The van der Waals surface area contributed by atoms with Crippen molar-refractivity contribution in [3.63, 3.8) is 0 Å². The molecule has 0 saturated carbocycles. The summed E-state index contributed by atoms with van der Waals surface area (Å²) < 4.78 is 0. The van der Waals surface area contributed by atoms with Crippen molar-refractivity contribution >= 4 is 6.41 Å². The van der Waals surface area contributed by atoms with Crippen molar-refractivity contribution in [3.05, 3.63) is 0 Å². The number of nitrogens with zero attached hydrogens (tertiary/aromatic N) is 1. The summed E-state index contributed by atoms with van der Waals surface area (Å²) in [7, 11) is 0. The van der Waals surface area contributed by atoms with Crippen LogP contribution in [-0.2, 0) is 4.79 Å². The van der Waals surface area contributed by atoms with Gasteiger partial charge in [0, 0.05) is 12.1 Å². The monoisotopic (exact) mass is 143 g/mol. The van der Waals surface area contributed by atoms with Crippen molar-refractivity contribution in [2.75, 3.05) is 0 Å². The highest BCUT2D eigenvalue weighted by atomic mass is 16.1. The van der Waals surface area contributed by atoms with E-state index in [-0.39, 0.29) is 0 Å². The van der Waals surface area contributed by atoms with Crippen molar-refractivity contribution < 1.29 is 4.79 Å². The summed E-state index contributed by atoms with van der Waals surface area (Å²) in [5, 5.41) is 1.84. The largest absolute Gasteiger partial charge is 0.324 e. The first-order chi connectivity index (χ1) is 4.59. The Morgan fingerprint density at radius 1 is 1.20 bits per heavy atom. The van der Waals surface area contributed by atoms with Gasteiger partial charge in [-0.15, -0.1) is 0 Å². The van der Waals surface area contributed by atoms with Crippen LogP contribution in [0.15, 0.2) is 0 Å². The Bertz CT molecular complexity index is 93.8. The van der Waals surface area contributed by atoms with Crippen LogP contribution in [0.25, 0.3) is 0 Å². The molecule has 0 aliphatic heterocycles. The van der Waals surface area contributed by atoms with E-state index in [4.69, 9.17) is 0 Å². The van der Waals surface area contributed by atoms with Crippen LogP contribution in [0.2, 0.25) is 0 Å². The SMILES string of the molecule is CC(C)N(N[C]=O)C(C)C. The lowest BCUT2D eigenvalue weighted by atomic mass is 10.3. The Kier molecular flexibility index (Phi) is 4.03. The average molecular weight is 143 g/mol. The molecular formula is C7H15N2O. The number of hydrogen-bond acceptors (Lipinski definition) is 2. The number of carbonyl (C=O) groups excluding carboxylic acids is 1. The van der Waals surface area contributed by atoms with E-state index in [2.05, 4.69) is 5.43 Å². The average Bonchev–Trinajstić information content (AvgIpc) is 1.81.